The smallest absolute Gasteiger partial charge is 0.249 e. The van der Waals surface area contributed by atoms with E-state index >= 15 is 0 Å². The number of carbonyl (C=O) groups is 1. The van der Waals surface area contributed by atoms with Gasteiger partial charge in [-0.3, -0.25) is 4.79 Å². The molecule has 2 heterocycles. The molecule has 0 fully saturated rings. The number of anilines is 2. The number of aromatic nitrogens is 4. The lowest BCUT2D eigenvalue weighted by atomic mass is 10.2. The summed E-state index contributed by atoms with van der Waals surface area (Å²) in [5, 5.41) is 10.9. The van der Waals surface area contributed by atoms with Crippen molar-refractivity contribution in [3.8, 4) is 0 Å². The van der Waals surface area contributed by atoms with Crippen molar-refractivity contribution in [2.45, 2.75) is 25.9 Å². The Balaban J connectivity index is 1.95. The van der Waals surface area contributed by atoms with E-state index in [2.05, 4.69) is 34.4 Å². The van der Waals surface area contributed by atoms with Crippen molar-refractivity contribution in [1.29, 1.82) is 0 Å². The van der Waals surface area contributed by atoms with Crippen LogP contribution in [0.2, 0.25) is 0 Å². The van der Waals surface area contributed by atoms with Crippen LogP contribution in [0.5, 0.6) is 0 Å². The fourth-order valence-corrected chi connectivity index (χ4v) is 2.71. The fraction of sp³-hybridized carbons (Fsp3) is 0.429. The molecule has 1 aromatic heterocycles. The van der Waals surface area contributed by atoms with E-state index in [1.807, 2.05) is 29.2 Å². The molecule has 0 N–H and O–H groups in total. The minimum Gasteiger partial charge on any atom is -0.373 e. The lowest BCUT2D eigenvalue weighted by Gasteiger charge is -2.28. The van der Waals surface area contributed by atoms with Gasteiger partial charge in [0.15, 0.2) is 0 Å². The predicted molar refractivity (Wildman–Crippen MR) is 79.1 cm³/mol. The molecule has 0 saturated heterocycles. The van der Waals surface area contributed by atoms with Gasteiger partial charge >= 0.3 is 0 Å². The van der Waals surface area contributed by atoms with Crippen LogP contribution in [0.3, 0.4) is 0 Å². The number of amides is 1. The molecule has 3 rings (SSSR count). The molecule has 0 saturated carbocycles. The molecule has 1 aliphatic heterocycles. The first-order valence-electron chi connectivity index (χ1n) is 7.00. The van der Waals surface area contributed by atoms with Gasteiger partial charge in [-0.1, -0.05) is 12.1 Å². The van der Waals surface area contributed by atoms with Gasteiger partial charge in [-0.15, -0.1) is 5.10 Å². The van der Waals surface area contributed by atoms with Gasteiger partial charge in [0.25, 0.3) is 0 Å². The summed E-state index contributed by atoms with van der Waals surface area (Å²) in [4.78, 5) is 16.7. The number of rotatable bonds is 2. The molecular weight excluding hydrogens is 268 g/mol. The minimum absolute atomic E-state index is 0.00227. The third kappa shape index (κ3) is 2.58. The lowest BCUT2D eigenvalue weighted by molar-refractivity contribution is -0.119. The molecule has 0 aliphatic carbocycles. The molecular formula is C14H18N6O. The summed E-state index contributed by atoms with van der Waals surface area (Å²) >= 11 is 0. The highest BCUT2D eigenvalue weighted by atomic mass is 16.2. The lowest BCUT2D eigenvalue weighted by Crippen LogP contribution is -2.40. The van der Waals surface area contributed by atoms with E-state index in [1.165, 1.54) is 11.0 Å². The first-order chi connectivity index (χ1) is 10.2. The number of carbonyl (C=O) groups excluding carboxylic acids is 1. The number of benzene rings is 1. The normalized spacial score (nSPS) is 18.3. The molecule has 1 aliphatic rings. The van der Waals surface area contributed by atoms with E-state index in [0.29, 0.717) is 0 Å². The highest BCUT2D eigenvalue weighted by Gasteiger charge is 2.28. The average Bonchev–Trinajstić information content (AvgIpc) is 2.94. The maximum atomic E-state index is 12.7. The van der Waals surface area contributed by atoms with Crippen molar-refractivity contribution in [3.05, 3.63) is 30.6 Å². The minimum atomic E-state index is -0.00227. The second kappa shape index (κ2) is 5.51. The summed E-state index contributed by atoms with van der Waals surface area (Å²) in [5.74, 6) is -0.00227. The van der Waals surface area contributed by atoms with E-state index in [0.717, 1.165) is 24.3 Å². The van der Waals surface area contributed by atoms with E-state index in [4.69, 9.17) is 0 Å². The summed E-state index contributed by atoms with van der Waals surface area (Å²) in [5.41, 5.74) is 2.02. The summed E-state index contributed by atoms with van der Waals surface area (Å²) < 4.78 is 1.45. The van der Waals surface area contributed by atoms with Gasteiger partial charge in [-0.25, -0.2) is 4.68 Å². The zero-order valence-corrected chi connectivity index (χ0v) is 12.2. The van der Waals surface area contributed by atoms with Crippen LogP contribution in [0.25, 0.3) is 0 Å². The van der Waals surface area contributed by atoms with E-state index in [1.54, 1.807) is 0 Å². The number of tetrazole rings is 1. The Morgan fingerprint density at radius 2 is 2.10 bits per heavy atom. The van der Waals surface area contributed by atoms with Crippen LogP contribution in [-0.2, 0) is 11.3 Å². The second-order valence-electron chi connectivity index (χ2n) is 5.32. The van der Waals surface area contributed by atoms with Crippen LogP contribution in [0.4, 0.5) is 11.4 Å². The van der Waals surface area contributed by atoms with E-state index < -0.39 is 0 Å². The molecule has 1 atom stereocenters. The van der Waals surface area contributed by atoms with Gasteiger partial charge in [-0.05, 0) is 35.9 Å². The predicted octanol–water partition coefficient (Wildman–Crippen LogP) is 0.935. The zero-order valence-electron chi connectivity index (χ0n) is 12.2. The summed E-state index contributed by atoms with van der Waals surface area (Å²) in [6, 6.07) is 8.13. The Kier molecular flexibility index (Phi) is 3.55. The standard InChI is InChI=1S/C14H18N6O/c1-11-7-8-18(2)12-5-3-4-6-13(12)20(11)14(21)9-19-10-15-16-17-19/h3-6,10-11H,7-9H2,1-2H3. The van der Waals surface area contributed by atoms with Gasteiger partial charge in [0, 0.05) is 19.6 Å². The number of hydrogen-bond donors (Lipinski definition) is 0. The third-order valence-corrected chi connectivity index (χ3v) is 3.83. The average molecular weight is 286 g/mol. The molecule has 0 bridgehead atoms. The fourth-order valence-electron chi connectivity index (χ4n) is 2.71. The number of nitrogens with zero attached hydrogens (tertiary/aromatic N) is 6. The molecule has 2 aromatic rings. The highest BCUT2D eigenvalue weighted by Crippen LogP contribution is 2.33. The van der Waals surface area contributed by atoms with Crippen LogP contribution in [0.1, 0.15) is 13.3 Å². The van der Waals surface area contributed by atoms with Crippen LogP contribution < -0.4 is 9.80 Å². The summed E-state index contributed by atoms with van der Waals surface area (Å²) in [6.45, 7) is 3.15. The maximum absolute atomic E-state index is 12.7. The van der Waals surface area contributed by atoms with Crippen molar-refractivity contribution in [2.75, 3.05) is 23.4 Å². The first kappa shape index (κ1) is 13.5. The first-order valence-corrected chi connectivity index (χ1v) is 7.00. The molecule has 7 nitrogen and oxygen atoms in total. The third-order valence-electron chi connectivity index (χ3n) is 3.83. The van der Waals surface area contributed by atoms with Gasteiger partial charge in [0.1, 0.15) is 12.9 Å². The van der Waals surface area contributed by atoms with Crippen LogP contribution >= 0.6 is 0 Å². The van der Waals surface area contributed by atoms with Crippen LogP contribution in [0, 0.1) is 0 Å². The molecule has 7 heteroatoms. The second-order valence-corrected chi connectivity index (χ2v) is 5.32. The number of hydrogen-bond acceptors (Lipinski definition) is 5. The van der Waals surface area contributed by atoms with Gasteiger partial charge in [0.2, 0.25) is 5.91 Å². The van der Waals surface area contributed by atoms with Crippen molar-refractivity contribution in [1.82, 2.24) is 20.2 Å². The largest absolute Gasteiger partial charge is 0.373 e. The Hall–Kier alpha value is -2.44. The van der Waals surface area contributed by atoms with Crippen molar-refractivity contribution in [3.63, 3.8) is 0 Å². The number of para-hydroxylation sites is 2. The van der Waals surface area contributed by atoms with Gasteiger partial charge in [0.05, 0.1) is 11.4 Å². The number of fused-ring (bicyclic) bond motifs is 1. The Labute approximate surface area is 123 Å². The molecule has 0 radical (unpaired) electrons. The van der Waals surface area contributed by atoms with Crippen molar-refractivity contribution < 1.29 is 4.79 Å². The monoisotopic (exact) mass is 286 g/mol. The summed E-state index contributed by atoms with van der Waals surface area (Å²) in [6.07, 6.45) is 2.38. The highest BCUT2D eigenvalue weighted by molar-refractivity contribution is 5.97. The Morgan fingerprint density at radius 1 is 1.33 bits per heavy atom. The van der Waals surface area contributed by atoms with Gasteiger partial charge in [-0.2, -0.15) is 0 Å². The van der Waals surface area contributed by atoms with Crippen LogP contribution in [-0.4, -0.2) is 45.7 Å². The molecule has 110 valence electrons. The molecule has 21 heavy (non-hydrogen) atoms. The van der Waals surface area contributed by atoms with E-state index in [9.17, 15) is 4.79 Å². The summed E-state index contributed by atoms with van der Waals surface area (Å²) in [7, 11) is 2.06. The quantitative estimate of drug-likeness (QED) is 0.821. The van der Waals surface area contributed by atoms with Crippen molar-refractivity contribution >= 4 is 17.3 Å². The van der Waals surface area contributed by atoms with Crippen LogP contribution in [0.15, 0.2) is 30.6 Å². The molecule has 1 amide bonds. The zero-order chi connectivity index (χ0) is 14.8. The molecule has 1 unspecified atom stereocenters. The van der Waals surface area contributed by atoms with E-state index in [-0.39, 0.29) is 18.5 Å². The maximum Gasteiger partial charge on any atom is 0.249 e. The Morgan fingerprint density at radius 3 is 2.81 bits per heavy atom. The topological polar surface area (TPSA) is 67.2 Å². The van der Waals surface area contributed by atoms with Gasteiger partial charge < -0.3 is 9.80 Å². The van der Waals surface area contributed by atoms with Crippen molar-refractivity contribution in [2.24, 2.45) is 0 Å². The Bertz CT molecular complexity index is 626. The molecule has 0 spiro atoms. The molecule has 1 aromatic carbocycles. The SMILES string of the molecule is CC1CCN(C)c2ccccc2N1C(=O)Cn1cnnn1.